The Morgan fingerprint density at radius 3 is 2.52 bits per heavy atom. The molecule has 3 rings (SSSR count). The predicted octanol–water partition coefficient (Wildman–Crippen LogP) is 2.58. The average molecular weight is 365 g/mol. The highest BCUT2D eigenvalue weighted by Crippen LogP contribution is 2.25. The van der Waals surface area contributed by atoms with Crippen LogP contribution in [0.3, 0.4) is 0 Å². The Bertz CT molecular complexity index is 882. The Hall–Kier alpha value is -3.14. The van der Waals surface area contributed by atoms with Crippen molar-refractivity contribution in [3.05, 3.63) is 41.1 Å². The average Bonchev–Trinajstić information content (AvgIpc) is 2.67. The summed E-state index contributed by atoms with van der Waals surface area (Å²) in [6.07, 6.45) is 0. The molecule has 1 aromatic carbocycles. The maximum atomic E-state index is 11.7. The van der Waals surface area contributed by atoms with Crippen LogP contribution in [-0.2, 0) is 0 Å². The molecule has 7 nitrogen and oxygen atoms in total. The van der Waals surface area contributed by atoms with E-state index in [2.05, 4.69) is 25.8 Å². The standard InChI is InChI=1S/C20H23N5O2/c1-4-27-19-11-14(2)22-20(23-19)25-9-7-24(8-10-25)18-12-16(15(3)26)5-6-17(18)13-21/h5-6,11-12H,4,7-10H2,1-3H3. The van der Waals surface area contributed by atoms with Crippen LogP contribution >= 0.6 is 0 Å². The van der Waals surface area contributed by atoms with Gasteiger partial charge in [-0.2, -0.15) is 10.2 Å². The van der Waals surface area contributed by atoms with Crippen LogP contribution in [-0.4, -0.2) is 48.5 Å². The van der Waals surface area contributed by atoms with Crippen molar-refractivity contribution in [1.82, 2.24) is 9.97 Å². The van der Waals surface area contributed by atoms with Crippen LogP contribution in [0, 0.1) is 18.3 Å². The van der Waals surface area contributed by atoms with Crippen molar-refractivity contribution >= 4 is 17.4 Å². The summed E-state index contributed by atoms with van der Waals surface area (Å²) in [4.78, 5) is 25.0. The topological polar surface area (TPSA) is 82.4 Å². The van der Waals surface area contributed by atoms with Gasteiger partial charge in [-0.25, -0.2) is 4.98 Å². The van der Waals surface area contributed by atoms with Crippen molar-refractivity contribution in [2.45, 2.75) is 20.8 Å². The minimum atomic E-state index is -0.00371. The molecule has 0 aliphatic carbocycles. The largest absolute Gasteiger partial charge is 0.478 e. The zero-order chi connectivity index (χ0) is 19.4. The zero-order valence-electron chi connectivity index (χ0n) is 15.9. The summed E-state index contributed by atoms with van der Waals surface area (Å²) in [5.41, 5.74) is 2.88. The molecular weight excluding hydrogens is 342 g/mol. The minimum Gasteiger partial charge on any atom is -0.478 e. The van der Waals surface area contributed by atoms with Gasteiger partial charge in [-0.05, 0) is 39.0 Å². The van der Waals surface area contributed by atoms with Crippen LogP contribution < -0.4 is 14.5 Å². The number of rotatable bonds is 5. The van der Waals surface area contributed by atoms with Gasteiger partial charge in [0.25, 0.3) is 0 Å². The molecule has 0 N–H and O–H groups in total. The quantitative estimate of drug-likeness (QED) is 0.753. The summed E-state index contributed by atoms with van der Waals surface area (Å²) in [7, 11) is 0. The third-order valence-corrected chi connectivity index (χ3v) is 4.54. The van der Waals surface area contributed by atoms with Crippen molar-refractivity contribution in [2.75, 3.05) is 42.6 Å². The number of hydrogen-bond acceptors (Lipinski definition) is 7. The number of aryl methyl sites for hydroxylation is 1. The third-order valence-electron chi connectivity index (χ3n) is 4.54. The number of nitriles is 1. The number of ketones is 1. The van der Waals surface area contributed by atoms with Gasteiger partial charge in [0.1, 0.15) is 6.07 Å². The van der Waals surface area contributed by atoms with Crippen LogP contribution in [0.15, 0.2) is 24.3 Å². The van der Waals surface area contributed by atoms with Gasteiger partial charge >= 0.3 is 0 Å². The van der Waals surface area contributed by atoms with Gasteiger partial charge in [-0.3, -0.25) is 4.79 Å². The first-order valence-electron chi connectivity index (χ1n) is 9.05. The molecule has 0 unspecified atom stereocenters. The van der Waals surface area contributed by atoms with Crippen molar-refractivity contribution in [2.24, 2.45) is 0 Å². The lowest BCUT2D eigenvalue weighted by Crippen LogP contribution is -2.47. The van der Waals surface area contributed by atoms with Gasteiger partial charge in [-0.15, -0.1) is 0 Å². The van der Waals surface area contributed by atoms with E-state index >= 15 is 0 Å². The van der Waals surface area contributed by atoms with Gasteiger partial charge in [0.2, 0.25) is 11.8 Å². The normalized spacial score (nSPS) is 14.0. The van der Waals surface area contributed by atoms with E-state index in [0.717, 1.165) is 37.6 Å². The van der Waals surface area contributed by atoms with E-state index in [-0.39, 0.29) is 5.78 Å². The Labute approximate surface area is 159 Å². The van der Waals surface area contributed by atoms with E-state index in [0.29, 0.717) is 29.6 Å². The number of carbonyl (C=O) groups is 1. The van der Waals surface area contributed by atoms with Gasteiger partial charge in [0.05, 0.1) is 17.9 Å². The molecule has 0 saturated carbocycles. The molecule has 2 heterocycles. The molecule has 0 bridgehead atoms. The number of carbonyl (C=O) groups excluding carboxylic acids is 1. The van der Waals surface area contributed by atoms with Crippen LogP contribution in [0.4, 0.5) is 11.6 Å². The van der Waals surface area contributed by atoms with Crippen molar-refractivity contribution in [3.8, 4) is 11.9 Å². The second-order valence-corrected chi connectivity index (χ2v) is 6.45. The fraction of sp³-hybridized carbons (Fsp3) is 0.400. The van der Waals surface area contributed by atoms with E-state index in [1.165, 1.54) is 6.92 Å². The van der Waals surface area contributed by atoms with E-state index < -0.39 is 0 Å². The summed E-state index contributed by atoms with van der Waals surface area (Å²) >= 11 is 0. The SMILES string of the molecule is CCOc1cc(C)nc(N2CCN(c3cc(C(C)=O)ccc3C#N)CC2)n1. The molecule has 27 heavy (non-hydrogen) atoms. The predicted molar refractivity (Wildman–Crippen MR) is 104 cm³/mol. The summed E-state index contributed by atoms with van der Waals surface area (Å²) in [5, 5.41) is 9.41. The lowest BCUT2D eigenvalue weighted by molar-refractivity contribution is 0.101. The highest BCUT2D eigenvalue weighted by Gasteiger charge is 2.22. The number of hydrogen-bond donors (Lipinski definition) is 0. The van der Waals surface area contributed by atoms with E-state index in [9.17, 15) is 10.1 Å². The fourth-order valence-corrected chi connectivity index (χ4v) is 3.14. The molecule has 7 heteroatoms. The second-order valence-electron chi connectivity index (χ2n) is 6.45. The van der Waals surface area contributed by atoms with E-state index in [4.69, 9.17) is 4.74 Å². The summed E-state index contributed by atoms with van der Waals surface area (Å²) in [6, 6.07) is 9.29. The highest BCUT2D eigenvalue weighted by atomic mass is 16.5. The monoisotopic (exact) mass is 365 g/mol. The van der Waals surface area contributed by atoms with Crippen LogP contribution in [0.25, 0.3) is 0 Å². The lowest BCUT2D eigenvalue weighted by atomic mass is 10.1. The van der Waals surface area contributed by atoms with Crippen molar-refractivity contribution < 1.29 is 9.53 Å². The maximum Gasteiger partial charge on any atom is 0.228 e. The third kappa shape index (κ3) is 4.17. The Kier molecular flexibility index (Phi) is 5.55. The molecule has 0 spiro atoms. The molecule has 1 aliphatic rings. The molecule has 0 radical (unpaired) electrons. The zero-order valence-corrected chi connectivity index (χ0v) is 15.9. The Balaban J connectivity index is 1.77. The number of piperazine rings is 1. The van der Waals surface area contributed by atoms with Crippen LogP contribution in [0.5, 0.6) is 5.88 Å². The number of nitrogens with zero attached hydrogens (tertiary/aromatic N) is 5. The molecular formula is C20H23N5O2. The van der Waals surface area contributed by atoms with Gasteiger partial charge < -0.3 is 14.5 Å². The Morgan fingerprint density at radius 2 is 1.89 bits per heavy atom. The highest BCUT2D eigenvalue weighted by molar-refractivity contribution is 5.95. The maximum absolute atomic E-state index is 11.7. The molecule has 1 aliphatic heterocycles. The molecule has 1 aromatic heterocycles. The van der Waals surface area contributed by atoms with E-state index in [1.54, 1.807) is 12.1 Å². The summed E-state index contributed by atoms with van der Waals surface area (Å²) in [6.45, 7) is 8.85. The van der Waals surface area contributed by atoms with Crippen molar-refractivity contribution in [1.29, 1.82) is 5.26 Å². The Morgan fingerprint density at radius 1 is 1.19 bits per heavy atom. The van der Waals surface area contributed by atoms with Crippen LogP contribution in [0.2, 0.25) is 0 Å². The van der Waals surface area contributed by atoms with E-state index in [1.807, 2.05) is 26.0 Å². The molecule has 0 atom stereocenters. The molecule has 140 valence electrons. The number of aromatic nitrogens is 2. The fourth-order valence-electron chi connectivity index (χ4n) is 3.14. The van der Waals surface area contributed by atoms with Gasteiger partial charge in [0, 0.05) is 43.5 Å². The first kappa shape index (κ1) is 18.6. The van der Waals surface area contributed by atoms with Crippen LogP contribution in [0.1, 0.15) is 35.5 Å². The summed E-state index contributed by atoms with van der Waals surface area (Å²) in [5.74, 6) is 1.25. The van der Waals surface area contributed by atoms with Crippen molar-refractivity contribution in [3.63, 3.8) is 0 Å². The number of benzene rings is 1. The smallest absolute Gasteiger partial charge is 0.228 e. The lowest BCUT2D eigenvalue weighted by Gasteiger charge is -2.36. The molecule has 1 saturated heterocycles. The van der Waals surface area contributed by atoms with Gasteiger partial charge in [-0.1, -0.05) is 0 Å². The number of anilines is 2. The second kappa shape index (κ2) is 8.04. The number of Topliss-reactive ketones (excluding diaryl/α,β-unsaturated/α-hetero) is 1. The van der Waals surface area contributed by atoms with Gasteiger partial charge in [0.15, 0.2) is 5.78 Å². The molecule has 2 aromatic rings. The summed E-state index contributed by atoms with van der Waals surface area (Å²) < 4.78 is 5.52. The minimum absolute atomic E-state index is 0.00371. The molecule has 0 amide bonds. The first-order valence-corrected chi connectivity index (χ1v) is 9.05. The molecule has 1 fully saturated rings. The first-order chi connectivity index (χ1) is 13.0. The number of ether oxygens (including phenoxy) is 1.